The molecule has 0 bridgehead atoms. The summed E-state index contributed by atoms with van der Waals surface area (Å²) < 4.78 is 0. The van der Waals surface area contributed by atoms with Gasteiger partial charge in [-0.3, -0.25) is 0 Å². The molecule has 1 aromatic carbocycles. The zero-order valence-corrected chi connectivity index (χ0v) is 8.61. The van der Waals surface area contributed by atoms with E-state index in [0.717, 1.165) is 0 Å². The fraction of sp³-hybridized carbons (Fsp3) is 0. The molecule has 0 atom stereocenters. The van der Waals surface area contributed by atoms with Crippen LogP contribution in [-0.4, -0.2) is 16.2 Å². The van der Waals surface area contributed by atoms with Gasteiger partial charge in [0, 0.05) is 0 Å². The Kier molecular flexibility index (Phi) is 4.09. The first-order valence-corrected chi connectivity index (χ1v) is 2.93. The number of hydrogen-bond donors (Lipinski definition) is 3. The van der Waals surface area contributed by atoms with Gasteiger partial charge in [0.15, 0.2) is 0 Å². The molecule has 0 heterocycles. The van der Waals surface area contributed by atoms with Crippen molar-refractivity contribution in [3.8, 4) is 5.75 Å². The van der Waals surface area contributed by atoms with Crippen molar-refractivity contribution in [3.05, 3.63) is 23.8 Å². The number of nitrogen functional groups attached to an aromatic ring is 1. The van der Waals surface area contributed by atoms with Gasteiger partial charge in [-0.05, 0) is 12.1 Å². The summed E-state index contributed by atoms with van der Waals surface area (Å²) in [7, 11) is 0. The summed E-state index contributed by atoms with van der Waals surface area (Å²) in [5, 5.41) is 17.5. The summed E-state index contributed by atoms with van der Waals surface area (Å²) >= 11 is 0. The Bertz CT molecular complexity index is 301. The first-order valence-electron chi connectivity index (χ1n) is 2.93. The average Bonchev–Trinajstić information content (AvgIpc) is 1.94. The van der Waals surface area contributed by atoms with E-state index in [-0.39, 0.29) is 46.6 Å². The van der Waals surface area contributed by atoms with Gasteiger partial charge >= 0.3 is 35.5 Å². The molecule has 0 aliphatic heterocycles. The number of aromatic carboxylic acids is 1. The number of carboxylic acid groups (broad SMARTS) is 1. The van der Waals surface area contributed by atoms with Crippen LogP contribution in [0.2, 0.25) is 0 Å². The predicted molar refractivity (Wildman–Crippen MR) is 39.5 cm³/mol. The molecule has 5 heteroatoms. The number of hydrogen-bond acceptors (Lipinski definition) is 3. The first-order chi connectivity index (χ1) is 5.13. The Morgan fingerprint density at radius 2 is 2.00 bits per heavy atom. The van der Waals surface area contributed by atoms with Crippen LogP contribution in [0.5, 0.6) is 5.75 Å². The number of para-hydroxylation sites is 1. The van der Waals surface area contributed by atoms with Crippen LogP contribution >= 0.6 is 0 Å². The average molecular weight is 176 g/mol. The molecule has 4 N–H and O–H groups in total. The van der Waals surface area contributed by atoms with Crippen LogP contribution in [0.25, 0.3) is 0 Å². The van der Waals surface area contributed by atoms with Crippen molar-refractivity contribution in [2.24, 2.45) is 0 Å². The van der Waals surface area contributed by atoms with Gasteiger partial charge in [-0.1, -0.05) is 6.07 Å². The molecule has 0 saturated heterocycles. The van der Waals surface area contributed by atoms with Gasteiger partial charge in [-0.25, -0.2) is 4.79 Å². The Labute approximate surface area is 91.3 Å². The fourth-order valence-electron chi connectivity index (χ4n) is 0.740. The molecule has 0 aromatic heterocycles. The molecule has 1 aromatic rings. The van der Waals surface area contributed by atoms with Crippen LogP contribution in [-0.2, 0) is 0 Å². The topological polar surface area (TPSA) is 83.5 Å². The summed E-state index contributed by atoms with van der Waals surface area (Å²) in [4.78, 5) is 10.4. The number of benzene rings is 1. The minimum Gasteiger partial charge on any atom is -0.506 e. The van der Waals surface area contributed by atoms with Gasteiger partial charge in [0.05, 0.1) is 11.3 Å². The van der Waals surface area contributed by atoms with E-state index in [2.05, 4.69) is 0 Å². The molecule has 0 radical (unpaired) electrons. The minimum atomic E-state index is -1.14. The Hall–Kier alpha value is -0.710. The van der Waals surface area contributed by atoms with E-state index in [1.807, 2.05) is 0 Å². The molecular weight excluding hydrogens is 169 g/mol. The van der Waals surface area contributed by atoms with Gasteiger partial charge in [-0.2, -0.15) is 0 Å². The zero-order chi connectivity index (χ0) is 8.43. The van der Waals surface area contributed by atoms with E-state index < -0.39 is 5.97 Å². The van der Waals surface area contributed by atoms with E-state index in [1.54, 1.807) is 0 Å². The van der Waals surface area contributed by atoms with E-state index in [4.69, 9.17) is 15.9 Å². The smallest absolute Gasteiger partial charge is 0.506 e. The summed E-state index contributed by atoms with van der Waals surface area (Å²) in [5.74, 6) is -1.34. The fourth-order valence-corrected chi connectivity index (χ4v) is 0.740. The van der Waals surface area contributed by atoms with Gasteiger partial charge in [0.1, 0.15) is 5.75 Å². The van der Waals surface area contributed by atoms with Crippen molar-refractivity contribution in [3.63, 3.8) is 0 Å². The van der Waals surface area contributed by atoms with E-state index >= 15 is 0 Å². The standard InChI is InChI=1S/C7H7NO3.Na/c8-6-4(7(10)11)2-1-3-5(6)9;/h1-3,9H,8H2,(H,10,11);/q;+1. The number of phenolic OH excluding ortho intramolecular Hbond substituents is 1. The van der Waals surface area contributed by atoms with Gasteiger partial charge < -0.3 is 15.9 Å². The molecule has 0 spiro atoms. The maximum absolute atomic E-state index is 10.4. The number of carbonyl (C=O) groups is 1. The molecule has 1 rings (SSSR count). The van der Waals surface area contributed by atoms with Crippen molar-refractivity contribution in [2.75, 3.05) is 5.73 Å². The zero-order valence-electron chi connectivity index (χ0n) is 6.61. The van der Waals surface area contributed by atoms with Crippen molar-refractivity contribution in [1.29, 1.82) is 0 Å². The maximum Gasteiger partial charge on any atom is 1.00 e. The maximum atomic E-state index is 10.4. The van der Waals surface area contributed by atoms with Crippen LogP contribution in [0, 0.1) is 0 Å². The van der Waals surface area contributed by atoms with Crippen LogP contribution in [0.1, 0.15) is 10.4 Å². The third-order valence-corrected chi connectivity index (χ3v) is 1.31. The number of carboxylic acids is 1. The second-order valence-corrected chi connectivity index (χ2v) is 2.04. The number of phenols is 1. The monoisotopic (exact) mass is 176 g/mol. The largest absolute Gasteiger partial charge is 1.00 e. The third kappa shape index (κ3) is 2.14. The minimum absolute atomic E-state index is 0. The van der Waals surface area contributed by atoms with E-state index in [1.165, 1.54) is 18.2 Å². The summed E-state index contributed by atoms with van der Waals surface area (Å²) in [6, 6.07) is 4.09. The summed E-state index contributed by atoms with van der Waals surface area (Å²) in [6.07, 6.45) is 0. The molecule has 0 aliphatic carbocycles. The number of rotatable bonds is 1. The third-order valence-electron chi connectivity index (χ3n) is 1.31. The van der Waals surface area contributed by atoms with Gasteiger partial charge in [0.25, 0.3) is 0 Å². The second kappa shape index (κ2) is 4.35. The van der Waals surface area contributed by atoms with Crippen molar-refractivity contribution in [2.45, 2.75) is 0 Å². The van der Waals surface area contributed by atoms with Crippen LogP contribution < -0.4 is 35.3 Å². The Morgan fingerprint density at radius 3 is 2.42 bits per heavy atom. The van der Waals surface area contributed by atoms with Crippen LogP contribution in [0.15, 0.2) is 18.2 Å². The van der Waals surface area contributed by atoms with Crippen LogP contribution in [0.4, 0.5) is 5.69 Å². The van der Waals surface area contributed by atoms with Gasteiger partial charge in [-0.15, -0.1) is 0 Å². The van der Waals surface area contributed by atoms with Crippen LogP contribution in [0.3, 0.4) is 0 Å². The Balaban J connectivity index is 0.00000121. The molecule has 4 nitrogen and oxygen atoms in total. The molecule has 12 heavy (non-hydrogen) atoms. The molecule has 0 fully saturated rings. The Morgan fingerprint density at radius 1 is 1.42 bits per heavy atom. The SMILES string of the molecule is Nc1c(O)cccc1C(=O)O.[Na+]. The molecule has 0 amide bonds. The summed E-state index contributed by atoms with van der Waals surface area (Å²) in [5.41, 5.74) is 5.08. The quantitative estimate of drug-likeness (QED) is 0.255. The number of anilines is 1. The normalized spacial score (nSPS) is 8.67. The molecule has 0 saturated carbocycles. The summed E-state index contributed by atoms with van der Waals surface area (Å²) in [6.45, 7) is 0. The van der Waals surface area contributed by atoms with E-state index in [0.29, 0.717) is 0 Å². The second-order valence-electron chi connectivity index (χ2n) is 2.04. The molecular formula is C7H7NNaO3+. The molecule has 0 unspecified atom stereocenters. The predicted octanol–water partition coefficient (Wildman–Crippen LogP) is -2.32. The van der Waals surface area contributed by atoms with Crippen molar-refractivity contribution >= 4 is 11.7 Å². The van der Waals surface area contributed by atoms with Crippen molar-refractivity contribution in [1.82, 2.24) is 0 Å². The molecule has 0 aliphatic rings. The van der Waals surface area contributed by atoms with E-state index in [9.17, 15) is 4.79 Å². The number of aromatic hydroxyl groups is 1. The molecule has 58 valence electrons. The van der Waals surface area contributed by atoms with Gasteiger partial charge in [0.2, 0.25) is 0 Å². The first kappa shape index (κ1) is 11.3. The number of nitrogens with two attached hydrogens (primary N) is 1. The van der Waals surface area contributed by atoms with Crippen molar-refractivity contribution < 1.29 is 44.6 Å².